The molecular weight excluding hydrogens is 500 g/mol. The van der Waals surface area contributed by atoms with Gasteiger partial charge in [-0.1, -0.05) is 19.6 Å². The Morgan fingerprint density at radius 3 is 2.59 bits per heavy atom. The molecule has 3 rings (SSSR count). The van der Waals surface area contributed by atoms with Crippen LogP contribution in [0.5, 0.6) is 11.5 Å². The average Bonchev–Trinajstić information content (AvgIpc) is 3.20. The lowest BCUT2D eigenvalue weighted by molar-refractivity contribution is 0.0898. The number of methoxy groups -OCH3 is 1. The van der Waals surface area contributed by atoms with Crippen LogP contribution in [-0.4, -0.2) is 50.5 Å². The van der Waals surface area contributed by atoms with Crippen LogP contribution >= 0.6 is 0 Å². The molecule has 0 atom stereocenters. The first-order valence-electron chi connectivity index (χ1n) is 11.8. The highest BCUT2D eigenvalue weighted by Gasteiger charge is 2.20. The van der Waals surface area contributed by atoms with E-state index in [1.54, 1.807) is 17.9 Å². The van der Waals surface area contributed by atoms with Gasteiger partial charge in [0, 0.05) is 65.2 Å². The highest BCUT2D eigenvalue weighted by Crippen LogP contribution is 2.35. The molecule has 2 aromatic heterocycles. The van der Waals surface area contributed by atoms with Gasteiger partial charge < -0.3 is 29.4 Å². The van der Waals surface area contributed by atoms with Gasteiger partial charge in [-0.2, -0.15) is 5.26 Å². The molecule has 0 aliphatic rings. The van der Waals surface area contributed by atoms with Crippen LogP contribution in [0, 0.1) is 23.0 Å². The van der Waals surface area contributed by atoms with E-state index in [0.717, 1.165) is 18.2 Å². The second kappa shape index (κ2) is 12.6. The van der Waals surface area contributed by atoms with Crippen molar-refractivity contribution in [3.63, 3.8) is 0 Å². The maximum Gasteiger partial charge on any atom is 0.319 e. The Hall–Kier alpha value is -3.53. The molecule has 12 heteroatoms. The zero-order chi connectivity index (χ0) is 27.0. The molecule has 2 N–H and O–H groups in total. The second-order valence-corrected chi connectivity index (χ2v) is 15.2. The van der Waals surface area contributed by atoms with Crippen LogP contribution in [-0.2, 0) is 16.2 Å². The molecule has 0 spiro atoms. The van der Waals surface area contributed by atoms with Crippen LogP contribution in [0.1, 0.15) is 12.0 Å². The van der Waals surface area contributed by atoms with Crippen molar-refractivity contribution in [2.45, 2.75) is 38.8 Å². The molecular formula is C25H31F2N5O4Si. The molecule has 0 unspecified atom stereocenters. The number of carbonyl (C=O) groups excluding carboxylic acids is 1. The summed E-state index contributed by atoms with van der Waals surface area (Å²) in [6.45, 7) is 8.32. The summed E-state index contributed by atoms with van der Waals surface area (Å²) in [6.07, 6.45) is 3.60. The molecule has 2 amide bonds. The van der Waals surface area contributed by atoms with E-state index >= 15 is 0 Å². The number of nitriles is 1. The molecule has 0 aliphatic carbocycles. The van der Waals surface area contributed by atoms with E-state index in [0.29, 0.717) is 37.2 Å². The van der Waals surface area contributed by atoms with E-state index in [1.165, 1.54) is 12.3 Å². The minimum Gasteiger partial charge on any atom is -0.450 e. The number of hydrogen-bond donors (Lipinski definition) is 2. The number of benzene rings is 1. The van der Waals surface area contributed by atoms with Crippen molar-refractivity contribution in [2.24, 2.45) is 0 Å². The van der Waals surface area contributed by atoms with E-state index in [1.807, 2.05) is 0 Å². The molecule has 0 radical (unpaired) electrons. The predicted molar refractivity (Wildman–Crippen MR) is 138 cm³/mol. The number of hydrogen-bond acceptors (Lipinski definition) is 6. The van der Waals surface area contributed by atoms with Crippen molar-refractivity contribution < 1.29 is 27.8 Å². The lowest BCUT2D eigenvalue weighted by Crippen LogP contribution is -2.30. The lowest BCUT2D eigenvalue weighted by atomic mass is 10.2. The van der Waals surface area contributed by atoms with Crippen LogP contribution in [0.4, 0.5) is 19.3 Å². The van der Waals surface area contributed by atoms with Gasteiger partial charge in [-0.25, -0.2) is 18.6 Å². The first-order chi connectivity index (χ1) is 17.6. The third-order valence-electron chi connectivity index (χ3n) is 5.35. The highest BCUT2D eigenvalue weighted by molar-refractivity contribution is 6.76. The second-order valence-electron chi connectivity index (χ2n) is 9.58. The first kappa shape index (κ1) is 28.0. The summed E-state index contributed by atoms with van der Waals surface area (Å²) in [6, 6.07) is 5.79. The van der Waals surface area contributed by atoms with Crippen molar-refractivity contribution in [1.82, 2.24) is 14.9 Å². The molecule has 0 saturated heterocycles. The van der Waals surface area contributed by atoms with E-state index in [-0.39, 0.29) is 23.7 Å². The normalized spacial score (nSPS) is 11.4. The number of pyridine rings is 1. The number of fused-ring (bicyclic) bond motifs is 1. The van der Waals surface area contributed by atoms with Gasteiger partial charge in [0.2, 0.25) is 0 Å². The molecule has 1 aromatic carbocycles. The zero-order valence-corrected chi connectivity index (χ0v) is 22.4. The molecule has 0 bridgehead atoms. The number of halogens is 2. The Kier molecular flexibility index (Phi) is 9.57. The fraction of sp³-hybridized carbons (Fsp3) is 0.400. The first-order valence-corrected chi connectivity index (χ1v) is 15.5. The van der Waals surface area contributed by atoms with Crippen molar-refractivity contribution in [2.75, 3.05) is 32.2 Å². The Morgan fingerprint density at radius 2 is 1.95 bits per heavy atom. The molecule has 0 aliphatic heterocycles. The van der Waals surface area contributed by atoms with Gasteiger partial charge in [-0.05, 0) is 18.5 Å². The minimum absolute atomic E-state index is 0.0665. The molecule has 3 aromatic rings. The van der Waals surface area contributed by atoms with Gasteiger partial charge in [-0.3, -0.25) is 0 Å². The minimum atomic E-state index is -1.26. The van der Waals surface area contributed by atoms with Crippen LogP contribution in [0.2, 0.25) is 25.7 Å². The fourth-order valence-electron chi connectivity index (χ4n) is 3.43. The topological polar surface area (TPSA) is 110 Å². The molecule has 9 nitrogen and oxygen atoms in total. The van der Waals surface area contributed by atoms with Crippen LogP contribution in [0.25, 0.3) is 11.0 Å². The zero-order valence-electron chi connectivity index (χ0n) is 21.4. The predicted octanol–water partition coefficient (Wildman–Crippen LogP) is 5.45. The third-order valence-corrected chi connectivity index (χ3v) is 7.05. The van der Waals surface area contributed by atoms with E-state index in [2.05, 4.69) is 41.3 Å². The van der Waals surface area contributed by atoms with Crippen LogP contribution in [0.15, 0.2) is 30.6 Å². The number of ether oxygens (including phenoxy) is 3. The quantitative estimate of drug-likeness (QED) is 0.238. The van der Waals surface area contributed by atoms with Gasteiger partial charge in [0.1, 0.15) is 24.2 Å². The number of nitrogens with zero attached hydrogens (tertiary/aromatic N) is 3. The van der Waals surface area contributed by atoms with E-state index < -0.39 is 31.5 Å². The largest absolute Gasteiger partial charge is 0.450 e. The number of rotatable bonds is 12. The number of amides is 2. The van der Waals surface area contributed by atoms with Crippen molar-refractivity contribution in [1.29, 1.82) is 5.26 Å². The SMILES string of the molecule is COCCCNC(=O)Nc1cc(F)c(Oc2ccnc3c2c(C#N)cn3COCC[Si](C)(C)C)c(F)c1. The van der Waals surface area contributed by atoms with Gasteiger partial charge in [0.05, 0.1) is 10.9 Å². The maximum absolute atomic E-state index is 14.8. The van der Waals surface area contributed by atoms with Crippen molar-refractivity contribution in [3.8, 4) is 17.6 Å². The number of anilines is 1. The van der Waals surface area contributed by atoms with Gasteiger partial charge >= 0.3 is 6.03 Å². The monoisotopic (exact) mass is 531 g/mol. The van der Waals surface area contributed by atoms with E-state index in [4.69, 9.17) is 14.2 Å². The van der Waals surface area contributed by atoms with Crippen molar-refractivity contribution in [3.05, 3.63) is 47.8 Å². The number of urea groups is 1. The van der Waals surface area contributed by atoms with Crippen LogP contribution in [0.3, 0.4) is 0 Å². The Balaban J connectivity index is 1.78. The summed E-state index contributed by atoms with van der Waals surface area (Å²) in [5.74, 6) is -2.64. The molecule has 0 saturated carbocycles. The summed E-state index contributed by atoms with van der Waals surface area (Å²) < 4.78 is 47.6. The van der Waals surface area contributed by atoms with Crippen LogP contribution < -0.4 is 15.4 Å². The summed E-state index contributed by atoms with van der Waals surface area (Å²) in [5.41, 5.74) is 0.549. The molecule has 198 valence electrons. The highest BCUT2D eigenvalue weighted by atomic mass is 28.3. The van der Waals surface area contributed by atoms with E-state index in [9.17, 15) is 18.8 Å². The van der Waals surface area contributed by atoms with Crippen molar-refractivity contribution >= 4 is 30.8 Å². The summed E-state index contributed by atoms with van der Waals surface area (Å²) in [7, 11) is 0.288. The average molecular weight is 532 g/mol. The smallest absolute Gasteiger partial charge is 0.319 e. The molecule has 37 heavy (non-hydrogen) atoms. The molecule has 0 fully saturated rings. The third kappa shape index (κ3) is 7.72. The Morgan fingerprint density at radius 1 is 1.22 bits per heavy atom. The van der Waals surface area contributed by atoms with Gasteiger partial charge in [0.25, 0.3) is 0 Å². The number of nitrogens with one attached hydrogen (secondary N) is 2. The summed E-state index contributed by atoms with van der Waals surface area (Å²) >= 11 is 0. The number of carbonyl (C=O) groups is 1. The molecule has 2 heterocycles. The number of aromatic nitrogens is 2. The Bertz CT molecular complexity index is 1260. The summed E-state index contributed by atoms with van der Waals surface area (Å²) in [5, 5.41) is 14.9. The maximum atomic E-state index is 14.8. The lowest BCUT2D eigenvalue weighted by Gasteiger charge is -2.15. The van der Waals surface area contributed by atoms with Gasteiger partial charge in [0.15, 0.2) is 17.4 Å². The van der Waals surface area contributed by atoms with Gasteiger partial charge in [-0.15, -0.1) is 0 Å². The fourth-order valence-corrected chi connectivity index (χ4v) is 4.19. The standard InChI is InChI=1S/C25H31F2N5O4Si/c1-34-9-5-7-30-25(33)31-18-12-19(26)23(20(27)13-18)36-21-6-8-29-24-22(21)17(14-28)15-32(24)16-35-10-11-37(2,3)4/h6,8,12-13,15H,5,7,9-11,16H2,1-4H3,(H2,30,31,33). The Labute approximate surface area is 215 Å². The summed E-state index contributed by atoms with van der Waals surface area (Å²) in [4.78, 5) is 16.3.